The number of benzene rings is 1. The second kappa shape index (κ2) is 5.31. The average molecular weight is 262 g/mol. The number of rotatable bonds is 3. The lowest BCUT2D eigenvalue weighted by Crippen LogP contribution is -1.92. The summed E-state index contributed by atoms with van der Waals surface area (Å²) >= 11 is 1.18. The van der Waals surface area contributed by atoms with Crippen LogP contribution in [0.2, 0.25) is 0 Å². The quantitative estimate of drug-likeness (QED) is 0.844. The molecule has 0 aliphatic carbocycles. The molecule has 0 N–H and O–H groups in total. The maximum atomic E-state index is 11.8. The van der Waals surface area contributed by atoms with Crippen molar-refractivity contribution < 1.29 is 13.9 Å². The van der Waals surface area contributed by atoms with Crippen LogP contribution in [-0.4, -0.2) is 18.5 Å². The van der Waals surface area contributed by atoms with Crippen molar-refractivity contribution in [2.24, 2.45) is 0 Å². The van der Waals surface area contributed by atoms with Gasteiger partial charge in [0.2, 0.25) is 5.12 Å². The summed E-state index contributed by atoms with van der Waals surface area (Å²) in [7, 11) is 1.62. The summed E-state index contributed by atoms with van der Waals surface area (Å²) in [5.41, 5.74) is 1.49. The van der Waals surface area contributed by atoms with E-state index in [4.69, 9.17) is 9.15 Å². The highest BCUT2D eigenvalue weighted by Gasteiger charge is 2.17. The zero-order valence-corrected chi connectivity index (χ0v) is 11.3. The first kappa shape index (κ1) is 12.8. The van der Waals surface area contributed by atoms with E-state index in [-0.39, 0.29) is 5.12 Å². The zero-order chi connectivity index (χ0) is 13.1. The van der Waals surface area contributed by atoms with Gasteiger partial charge in [0.1, 0.15) is 17.3 Å². The predicted molar refractivity (Wildman–Crippen MR) is 73.3 cm³/mol. The largest absolute Gasteiger partial charge is 0.497 e. The molecule has 94 valence electrons. The molecule has 2 rings (SSSR count). The van der Waals surface area contributed by atoms with E-state index in [2.05, 4.69) is 0 Å². The molecular formula is C14H14O3S. The maximum Gasteiger partial charge on any atom is 0.222 e. The third kappa shape index (κ3) is 2.43. The number of aryl methyl sites for hydroxylation is 1. The van der Waals surface area contributed by atoms with Crippen LogP contribution >= 0.6 is 11.8 Å². The standard InChI is InChI=1S/C14H14O3S/c1-9-8-12(14(15)18-3)13(17-9)10-4-6-11(16-2)7-5-10/h4-8H,1-3H3. The Kier molecular flexibility index (Phi) is 3.77. The summed E-state index contributed by atoms with van der Waals surface area (Å²) in [6.45, 7) is 1.84. The van der Waals surface area contributed by atoms with E-state index in [0.29, 0.717) is 11.3 Å². The molecule has 0 saturated carbocycles. The minimum absolute atomic E-state index is 0.0117. The molecular weight excluding hydrogens is 248 g/mol. The van der Waals surface area contributed by atoms with Crippen LogP contribution in [0.4, 0.5) is 0 Å². The van der Waals surface area contributed by atoms with E-state index in [1.54, 1.807) is 19.4 Å². The number of hydrogen-bond acceptors (Lipinski definition) is 4. The number of carbonyl (C=O) groups excluding carboxylic acids is 1. The topological polar surface area (TPSA) is 39.4 Å². The summed E-state index contributed by atoms with van der Waals surface area (Å²) in [5.74, 6) is 2.13. The van der Waals surface area contributed by atoms with E-state index in [1.165, 1.54) is 11.8 Å². The Hall–Kier alpha value is -1.68. The Labute approximate surface area is 110 Å². The molecule has 18 heavy (non-hydrogen) atoms. The highest BCUT2D eigenvalue weighted by molar-refractivity contribution is 8.13. The number of furan rings is 1. The summed E-state index contributed by atoms with van der Waals surface area (Å²) < 4.78 is 10.7. The highest BCUT2D eigenvalue weighted by atomic mass is 32.2. The average Bonchev–Trinajstić information content (AvgIpc) is 2.80. The Bertz CT molecular complexity index is 555. The molecule has 3 nitrogen and oxygen atoms in total. The van der Waals surface area contributed by atoms with Crippen LogP contribution in [0.15, 0.2) is 34.7 Å². The molecule has 0 bridgehead atoms. The fraction of sp³-hybridized carbons (Fsp3) is 0.214. The van der Waals surface area contributed by atoms with Crippen LogP contribution < -0.4 is 4.74 Å². The molecule has 0 saturated heterocycles. The van der Waals surface area contributed by atoms with Crippen molar-refractivity contribution in [1.82, 2.24) is 0 Å². The van der Waals surface area contributed by atoms with E-state index in [1.807, 2.05) is 31.2 Å². The second-order valence-electron chi connectivity index (χ2n) is 3.82. The Morgan fingerprint density at radius 1 is 1.28 bits per heavy atom. The van der Waals surface area contributed by atoms with Gasteiger partial charge in [-0.15, -0.1) is 0 Å². The fourth-order valence-electron chi connectivity index (χ4n) is 1.73. The monoisotopic (exact) mass is 262 g/mol. The van der Waals surface area contributed by atoms with Gasteiger partial charge < -0.3 is 9.15 Å². The number of ether oxygens (including phenoxy) is 1. The maximum absolute atomic E-state index is 11.8. The molecule has 1 aromatic heterocycles. The zero-order valence-electron chi connectivity index (χ0n) is 10.5. The van der Waals surface area contributed by atoms with Gasteiger partial charge in [0.05, 0.1) is 12.7 Å². The molecule has 0 spiro atoms. The molecule has 4 heteroatoms. The summed E-state index contributed by atoms with van der Waals surface area (Å²) in [4.78, 5) is 11.8. The number of thioether (sulfide) groups is 1. The van der Waals surface area contributed by atoms with Crippen LogP contribution in [-0.2, 0) is 0 Å². The Morgan fingerprint density at radius 2 is 1.94 bits per heavy atom. The fourth-order valence-corrected chi connectivity index (χ4v) is 2.10. The van der Waals surface area contributed by atoms with Crippen LogP contribution in [0.1, 0.15) is 16.1 Å². The van der Waals surface area contributed by atoms with Crippen LogP contribution in [0.25, 0.3) is 11.3 Å². The molecule has 0 atom stereocenters. The number of hydrogen-bond donors (Lipinski definition) is 0. The van der Waals surface area contributed by atoms with Gasteiger partial charge in [0.25, 0.3) is 0 Å². The van der Waals surface area contributed by atoms with Gasteiger partial charge in [0, 0.05) is 5.56 Å². The summed E-state index contributed by atoms with van der Waals surface area (Å²) in [5, 5.41) is 0.0117. The first-order valence-corrected chi connectivity index (χ1v) is 6.71. The third-order valence-corrected chi connectivity index (χ3v) is 3.20. The van der Waals surface area contributed by atoms with Crippen molar-refractivity contribution in [2.45, 2.75) is 6.92 Å². The van der Waals surface area contributed by atoms with Gasteiger partial charge in [-0.2, -0.15) is 0 Å². The molecule has 0 aliphatic heterocycles. The molecule has 1 aromatic carbocycles. The van der Waals surface area contributed by atoms with E-state index >= 15 is 0 Å². The summed E-state index contributed by atoms with van der Waals surface area (Å²) in [6.07, 6.45) is 1.77. The molecule has 0 amide bonds. The van der Waals surface area contributed by atoms with Gasteiger partial charge in [-0.1, -0.05) is 11.8 Å². The highest BCUT2D eigenvalue weighted by Crippen LogP contribution is 2.30. The second-order valence-corrected chi connectivity index (χ2v) is 4.60. The molecule has 0 radical (unpaired) electrons. The molecule has 0 fully saturated rings. The Morgan fingerprint density at radius 3 is 2.50 bits per heavy atom. The predicted octanol–water partition coefficient (Wildman–Crippen LogP) is 3.77. The van der Waals surface area contributed by atoms with Crippen molar-refractivity contribution in [3.63, 3.8) is 0 Å². The van der Waals surface area contributed by atoms with Crippen molar-refractivity contribution in [1.29, 1.82) is 0 Å². The van der Waals surface area contributed by atoms with Crippen molar-refractivity contribution in [3.05, 3.63) is 41.7 Å². The smallest absolute Gasteiger partial charge is 0.222 e. The van der Waals surface area contributed by atoms with Gasteiger partial charge in [-0.25, -0.2) is 0 Å². The van der Waals surface area contributed by atoms with Crippen LogP contribution in [0.5, 0.6) is 5.75 Å². The Balaban J connectivity index is 2.45. The number of carbonyl (C=O) groups is 1. The van der Waals surface area contributed by atoms with Crippen LogP contribution in [0.3, 0.4) is 0 Å². The minimum atomic E-state index is 0.0117. The molecule has 1 heterocycles. The summed E-state index contributed by atoms with van der Waals surface area (Å²) in [6, 6.07) is 9.24. The van der Waals surface area contributed by atoms with Gasteiger partial charge >= 0.3 is 0 Å². The van der Waals surface area contributed by atoms with Crippen LogP contribution in [0, 0.1) is 6.92 Å². The SMILES string of the molecule is COc1ccc(-c2oc(C)cc2C(=O)SC)cc1. The normalized spacial score (nSPS) is 10.4. The van der Waals surface area contributed by atoms with Gasteiger partial charge in [-0.05, 0) is 43.5 Å². The van der Waals surface area contributed by atoms with Crippen molar-refractivity contribution >= 4 is 16.9 Å². The van der Waals surface area contributed by atoms with E-state index < -0.39 is 0 Å². The third-order valence-electron chi connectivity index (χ3n) is 2.61. The van der Waals surface area contributed by atoms with Gasteiger partial charge in [-0.3, -0.25) is 4.79 Å². The van der Waals surface area contributed by atoms with Crippen molar-refractivity contribution in [3.8, 4) is 17.1 Å². The first-order chi connectivity index (χ1) is 8.65. The minimum Gasteiger partial charge on any atom is -0.497 e. The first-order valence-electron chi connectivity index (χ1n) is 5.49. The molecule has 0 unspecified atom stereocenters. The lowest BCUT2D eigenvalue weighted by molar-refractivity contribution is 0.108. The molecule has 2 aromatic rings. The lowest BCUT2D eigenvalue weighted by Gasteiger charge is -2.03. The lowest BCUT2D eigenvalue weighted by atomic mass is 10.1. The van der Waals surface area contributed by atoms with Crippen molar-refractivity contribution in [2.75, 3.05) is 13.4 Å². The van der Waals surface area contributed by atoms with E-state index in [0.717, 1.165) is 17.1 Å². The van der Waals surface area contributed by atoms with E-state index in [9.17, 15) is 4.79 Å². The number of methoxy groups -OCH3 is 1. The van der Waals surface area contributed by atoms with Gasteiger partial charge in [0.15, 0.2) is 0 Å². The molecule has 0 aliphatic rings.